The summed E-state index contributed by atoms with van der Waals surface area (Å²) in [5.41, 5.74) is 0. The molecule has 2 aliphatic rings. The number of urea groups is 1. The van der Waals surface area contributed by atoms with E-state index in [0.29, 0.717) is 12.2 Å². The molecule has 2 fully saturated rings. The molecule has 2 heterocycles. The highest BCUT2D eigenvalue weighted by molar-refractivity contribution is 5.74. The number of amides is 2. The zero-order chi connectivity index (χ0) is 17.6. The summed E-state index contributed by atoms with van der Waals surface area (Å²) in [5, 5.41) is 16.1. The summed E-state index contributed by atoms with van der Waals surface area (Å²) in [7, 11) is 0. The van der Waals surface area contributed by atoms with E-state index in [4.69, 9.17) is 4.42 Å². The molecule has 3 atom stereocenters. The van der Waals surface area contributed by atoms with Crippen molar-refractivity contribution in [2.24, 2.45) is 5.92 Å². The van der Waals surface area contributed by atoms with Crippen LogP contribution in [0.2, 0.25) is 0 Å². The van der Waals surface area contributed by atoms with Crippen molar-refractivity contribution in [2.75, 3.05) is 19.6 Å². The van der Waals surface area contributed by atoms with Crippen LogP contribution in [0.3, 0.4) is 0 Å². The van der Waals surface area contributed by atoms with Crippen LogP contribution in [-0.2, 0) is 0 Å². The highest BCUT2D eigenvalue weighted by Crippen LogP contribution is 2.26. The maximum absolute atomic E-state index is 12.2. The number of furan rings is 1. The average Bonchev–Trinajstić information content (AvgIpc) is 3.29. The number of likely N-dealkylation sites (tertiary alicyclic amines) is 1. The molecule has 1 saturated heterocycles. The molecule has 3 rings (SSSR count). The molecule has 0 bridgehead atoms. The van der Waals surface area contributed by atoms with Crippen molar-refractivity contribution in [1.82, 2.24) is 15.5 Å². The molecule has 6 heteroatoms. The first kappa shape index (κ1) is 18.3. The summed E-state index contributed by atoms with van der Waals surface area (Å²) in [6, 6.07) is 3.45. The van der Waals surface area contributed by atoms with Gasteiger partial charge in [-0.2, -0.15) is 0 Å². The smallest absolute Gasteiger partial charge is 0.315 e. The number of nitrogens with zero attached hydrogens (tertiary/aromatic N) is 1. The van der Waals surface area contributed by atoms with Gasteiger partial charge in [-0.15, -0.1) is 0 Å². The van der Waals surface area contributed by atoms with Crippen LogP contribution < -0.4 is 10.6 Å². The SMILES string of the molecule is C[C@H](C[C@@H](O)c1ccco1)NC(=O)N[C@H]1CCN(CC2CCCC2)C1. The van der Waals surface area contributed by atoms with Gasteiger partial charge in [0.15, 0.2) is 0 Å². The number of aliphatic hydroxyl groups excluding tert-OH is 1. The molecule has 1 aromatic rings. The molecule has 0 unspecified atom stereocenters. The Morgan fingerprint density at radius 2 is 2.20 bits per heavy atom. The number of rotatable bonds is 7. The molecule has 1 aliphatic carbocycles. The molecule has 25 heavy (non-hydrogen) atoms. The summed E-state index contributed by atoms with van der Waals surface area (Å²) in [6.45, 7) is 5.11. The second kappa shape index (κ2) is 8.72. The normalized spacial score (nSPS) is 24.3. The van der Waals surface area contributed by atoms with Gasteiger partial charge in [-0.1, -0.05) is 12.8 Å². The van der Waals surface area contributed by atoms with Gasteiger partial charge in [-0.25, -0.2) is 4.79 Å². The van der Waals surface area contributed by atoms with Crippen molar-refractivity contribution in [2.45, 2.75) is 63.6 Å². The molecular formula is C19H31N3O3. The molecule has 0 spiro atoms. The van der Waals surface area contributed by atoms with Crippen LogP contribution in [0.25, 0.3) is 0 Å². The molecule has 1 saturated carbocycles. The highest BCUT2D eigenvalue weighted by atomic mass is 16.4. The van der Waals surface area contributed by atoms with Gasteiger partial charge in [0.1, 0.15) is 11.9 Å². The number of nitrogens with one attached hydrogen (secondary N) is 2. The molecular weight excluding hydrogens is 318 g/mol. The van der Waals surface area contributed by atoms with Crippen LogP contribution in [0.1, 0.15) is 57.3 Å². The van der Waals surface area contributed by atoms with Gasteiger partial charge in [-0.05, 0) is 44.2 Å². The topological polar surface area (TPSA) is 77.7 Å². The molecule has 0 aromatic carbocycles. The van der Waals surface area contributed by atoms with Crippen LogP contribution in [-0.4, -0.2) is 47.8 Å². The van der Waals surface area contributed by atoms with Crippen molar-refractivity contribution in [3.63, 3.8) is 0 Å². The monoisotopic (exact) mass is 349 g/mol. The van der Waals surface area contributed by atoms with Gasteiger partial charge in [0.25, 0.3) is 0 Å². The minimum atomic E-state index is -0.696. The Bertz CT molecular complexity index is 528. The standard InChI is InChI=1S/C19H31N3O3/c1-14(11-17(23)18-7-4-10-25-18)20-19(24)21-16-8-9-22(13-16)12-15-5-2-3-6-15/h4,7,10,14-17,23H,2-3,5-6,8-9,11-13H2,1H3,(H2,20,21,24)/t14-,16+,17-/m1/s1. The third-order valence-electron chi connectivity index (χ3n) is 5.42. The van der Waals surface area contributed by atoms with Crippen LogP contribution in [0.15, 0.2) is 22.8 Å². The zero-order valence-electron chi connectivity index (χ0n) is 15.1. The van der Waals surface area contributed by atoms with E-state index < -0.39 is 6.10 Å². The number of hydrogen-bond donors (Lipinski definition) is 3. The van der Waals surface area contributed by atoms with Crippen molar-refractivity contribution in [1.29, 1.82) is 0 Å². The van der Waals surface area contributed by atoms with E-state index in [1.807, 2.05) is 6.92 Å². The Kier molecular flexibility index (Phi) is 6.37. The predicted octanol–water partition coefficient (Wildman–Crippen LogP) is 2.66. The van der Waals surface area contributed by atoms with Crippen molar-refractivity contribution >= 4 is 6.03 Å². The largest absolute Gasteiger partial charge is 0.467 e. The molecule has 140 valence electrons. The first-order valence-corrected chi connectivity index (χ1v) is 9.61. The third kappa shape index (κ3) is 5.47. The minimum Gasteiger partial charge on any atom is -0.467 e. The van der Waals surface area contributed by atoms with E-state index in [1.54, 1.807) is 18.4 Å². The van der Waals surface area contributed by atoms with Crippen molar-refractivity contribution in [3.05, 3.63) is 24.2 Å². The first-order valence-electron chi connectivity index (χ1n) is 9.61. The van der Waals surface area contributed by atoms with Crippen LogP contribution in [0.4, 0.5) is 4.79 Å². The number of carbonyl (C=O) groups is 1. The zero-order valence-corrected chi connectivity index (χ0v) is 15.1. The molecule has 1 aromatic heterocycles. The van der Waals surface area contributed by atoms with E-state index in [0.717, 1.165) is 25.4 Å². The fraction of sp³-hybridized carbons (Fsp3) is 0.737. The third-order valence-corrected chi connectivity index (χ3v) is 5.42. The lowest BCUT2D eigenvalue weighted by Gasteiger charge is -2.21. The summed E-state index contributed by atoms with van der Waals surface area (Å²) in [6.07, 6.45) is 7.78. The predicted molar refractivity (Wildman–Crippen MR) is 96.2 cm³/mol. The minimum absolute atomic E-state index is 0.129. The lowest BCUT2D eigenvalue weighted by Crippen LogP contribution is -2.46. The van der Waals surface area contributed by atoms with Crippen LogP contribution >= 0.6 is 0 Å². The van der Waals surface area contributed by atoms with Gasteiger partial charge < -0.3 is 25.1 Å². The van der Waals surface area contributed by atoms with Crippen LogP contribution in [0.5, 0.6) is 0 Å². The molecule has 2 amide bonds. The van der Waals surface area contributed by atoms with Crippen molar-refractivity contribution in [3.8, 4) is 0 Å². The van der Waals surface area contributed by atoms with Gasteiger partial charge >= 0.3 is 6.03 Å². The number of hydrogen-bond acceptors (Lipinski definition) is 4. The lowest BCUT2D eigenvalue weighted by atomic mass is 10.1. The Morgan fingerprint density at radius 1 is 1.40 bits per heavy atom. The molecule has 1 aliphatic heterocycles. The lowest BCUT2D eigenvalue weighted by molar-refractivity contribution is 0.129. The van der Waals surface area contributed by atoms with Crippen molar-refractivity contribution < 1.29 is 14.3 Å². The van der Waals surface area contributed by atoms with Crippen LogP contribution in [0, 0.1) is 5.92 Å². The highest BCUT2D eigenvalue weighted by Gasteiger charge is 2.27. The van der Waals surface area contributed by atoms with E-state index in [-0.39, 0.29) is 18.1 Å². The quantitative estimate of drug-likeness (QED) is 0.707. The number of aliphatic hydroxyl groups is 1. The molecule has 0 radical (unpaired) electrons. The maximum atomic E-state index is 12.2. The van der Waals surface area contributed by atoms with E-state index in [9.17, 15) is 9.90 Å². The van der Waals surface area contributed by atoms with Gasteiger partial charge in [0.2, 0.25) is 0 Å². The Morgan fingerprint density at radius 3 is 2.92 bits per heavy atom. The van der Waals surface area contributed by atoms with Gasteiger partial charge in [-0.3, -0.25) is 0 Å². The molecule has 3 N–H and O–H groups in total. The van der Waals surface area contributed by atoms with E-state index >= 15 is 0 Å². The van der Waals surface area contributed by atoms with Gasteiger partial charge in [0, 0.05) is 38.1 Å². The maximum Gasteiger partial charge on any atom is 0.315 e. The second-order valence-corrected chi connectivity index (χ2v) is 7.68. The fourth-order valence-electron chi connectivity index (χ4n) is 4.12. The molecule has 6 nitrogen and oxygen atoms in total. The summed E-state index contributed by atoms with van der Waals surface area (Å²) in [5.74, 6) is 1.39. The Hall–Kier alpha value is -1.53. The Labute approximate surface area is 150 Å². The number of carbonyl (C=O) groups excluding carboxylic acids is 1. The fourth-order valence-corrected chi connectivity index (χ4v) is 4.12. The summed E-state index contributed by atoms with van der Waals surface area (Å²) >= 11 is 0. The second-order valence-electron chi connectivity index (χ2n) is 7.68. The summed E-state index contributed by atoms with van der Waals surface area (Å²) in [4.78, 5) is 14.7. The van der Waals surface area contributed by atoms with E-state index in [1.165, 1.54) is 32.2 Å². The first-order chi connectivity index (χ1) is 12.1. The average molecular weight is 349 g/mol. The Balaban J connectivity index is 1.34. The van der Waals surface area contributed by atoms with Gasteiger partial charge in [0.05, 0.1) is 6.26 Å². The van der Waals surface area contributed by atoms with E-state index in [2.05, 4.69) is 15.5 Å². The summed E-state index contributed by atoms with van der Waals surface area (Å²) < 4.78 is 5.19.